The topological polar surface area (TPSA) is 33.0 Å². The highest BCUT2D eigenvalue weighted by molar-refractivity contribution is 9.10. The second-order valence-electron chi connectivity index (χ2n) is 5.78. The molecule has 0 saturated carbocycles. The van der Waals surface area contributed by atoms with Crippen LogP contribution < -0.4 is 4.74 Å². The first-order valence-corrected chi connectivity index (χ1v) is 9.27. The van der Waals surface area contributed by atoms with E-state index in [9.17, 15) is 9.65 Å². The van der Waals surface area contributed by atoms with Crippen molar-refractivity contribution in [1.82, 2.24) is 0 Å². The lowest BCUT2D eigenvalue weighted by Crippen LogP contribution is -1.98. The average Bonchev–Trinajstić information content (AvgIpc) is 2.66. The highest BCUT2D eigenvalue weighted by atomic mass is 79.9. The van der Waals surface area contributed by atoms with E-state index in [-0.39, 0.29) is 12.4 Å². The van der Waals surface area contributed by atoms with Crippen LogP contribution in [0.2, 0.25) is 5.02 Å². The zero-order valence-corrected chi connectivity index (χ0v) is 16.5. The van der Waals surface area contributed by atoms with Crippen LogP contribution in [0.4, 0.5) is 4.39 Å². The van der Waals surface area contributed by atoms with Crippen molar-refractivity contribution in [2.45, 2.75) is 6.61 Å². The summed E-state index contributed by atoms with van der Waals surface area (Å²) in [5.41, 5.74) is 2.72. The monoisotopic (exact) mass is 441 g/mol. The molecule has 0 saturated heterocycles. The fourth-order valence-electron chi connectivity index (χ4n) is 2.52. The van der Waals surface area contributed by atoms with Crippen molar-refractivity contribution in [2.24, 2.45) is 0 Å². The van der Waals surface area contributed by atoms with Crippen LogP contribution in [0.25, 0.3) is 11.6 Å². The van der Waals surface area contributed by atoms with Crippen molar-refractivity contribution in [3.8, 4) is 11.8 Å². The van der Waals surface area contributed by atoms with E-state index < -0.39 is 0 Å². The number of hydrogen-bond donors (Lipinski definition) is 0. The van der Waals surface area contributed by atoms with Gasteiger partial charge in [-0.2, -0.15) is 5.26 Å². The summed E-state index contributed by atoms with van der Waals surface area (Å²) < 4.78 is 20.1. The van der Waals surface area contributed by atoms with Crippen LogP contribution in [-0.4, -0.2) is 0 Å². The summed E-state index contributed by atoms with van der Waals surface area (Å²) in [6.45, 7) is 0.225. The molecule has 0 N–H and O–H groups in total. The zero-order chi connectivity index (χ0) is 19.2. The fraction of sp³-hybridized carbons (Fsp3) is 0.0455. The first kappa shape index (κ1) is 19.2. The molecule has 3 aromatic rings. The highest BCUT2D eigenvalue weighted by Gasteiger charge is 2.07. The van der Waals surface area contributed by atoms with Gasteiger partial charge in [-0.3, -0.25) is 0 Å². The number of ether oxygens (including phenoxy) is 1. The van der Waals surface area contributed by atoms with Gasteiger partial charge >= 0.3 is 0 Å². The van der Waals surface area contributed by atoms with Gasteiger partial charge in [0, 0.05) is 15.1 Å². The van der Waals surface area contributed by atoms with Crippen molar-refractivity contribution in [1.29, 1.82) is 5.26 Å². The minimum Gasteiger partial charge on any atom is -0.488 e. The van der Waals surface area contributed by atoms with E-state index in [4.69, 9.17) is 16.3 Å². The summed E-state index contributed by atoms with van der Waals surface area (Å²) in [4.78, 5) is 0. The third-order valence-corrected chi connectivity index (χ3v) is 4.58. The smallest absolute Gasteiger partial charge is 0.127 e. The first-order valence-electron chi connectivity index (χ1n) is 8.10. The van der Waals surface area contributed by atoms with Crippen molar-refractivity contribution in [2.75, 3.05) is 0 Å². The maximum atomic E-state index is 13.3. The van der Waals surface area contributed by atoms with E-state index in [1.54, 1.807) is 42.5 Å². The van der Waals surface area contributed by atoms with Crippen LogP contribution in [0.3, 0.4) is 0 Å². The largest absolute Gasteiger partial charge is 0.488 e. The molecule has 3 rings (SSSR count). The summed E-state index contributed by atoms with van der Waals surface area (Å²) in [5.74, 6) is 0.297. The van der Waals surface area contributed by atoms with Gasteiger partial charge < -0.3 is 4.74 Å². The second kappa shape index (κ2) is 8.85. The molecule has 0 aliphatic rings. The van der Waals surface area contributed by atoms with Gasteiger partial charge in [-0.05, 0) is 59.7 Å². The molecule has 0 radical (unpaired) electrons. The molecule has 0 aliphatic heterocycles. The molecule has 0 atom stereocenters. The fourth-order valence-corrected chi connectivity index (χ4v) is 3.02. The van der Waals surface area contributed by atoms with Crippen LogP contribution in [0, 0.1) is 17.1 Å². The second-order valence-corrected chi connectivity index (χ2v) is 7.13. The van der Waals surface area contributed by atoms with E-state index >= 15 is 0 Å². The number of nitriles is 1. The third kappa shape index (κ3) is 5.19. The Morgan fingerprint density at radius 3 is 2.59 bits per heavy atom. The molecular formula is C22H14BrClFNO. The van der Waals surface area contributed by atoms with Crippen molar-refractivity contribution in [3.05, 3.63) is 98.7 Å². The van der Waals surface area contributed by atoms with Crippen molar-refractivity contribution >= 4 is 39.2 Å². The molecule has 0 aliphatic carbocycles. The molecule has 3 aromatic carbocycles. The van der Waals surface area contributed by atoms with Crippen molar-refractivity contribution < 1.29 is 9.13 Å². The Bertz CT molecular complexity index is 1030. The van der Waals surface area contributed by atoms with E-state index in [2.05, 4.69) is 22.0 Å². The Kier molecular flexibility index (Phi) is 6.28. The predicted octanol–water partition coefficient (Wildman–Crippen LogP) is 6.88. The minimum absolute atomic E-state index is 0.225. The van der Waals surface area contributed by atoms with Gasteiger partial charge in [-0.1, -0.05) is 51.8 Å². The normalized spacial score (nSPS) is 11.1. The predicted molar refractivity (Wildman–Crippen MR) is 110 cm³/mol. The summed E-state index contributed by atoms with van der Waals surface area (Å²) in [5, 5.41) is 10.2. The lowest BCUT2D eigenvalue weighted by Gasteiger charge is -2.11. The maximum Gasteiger partial charge on any atom is 0.127 e. The van der Waals surface area contributed by atoms with E-state index in [1.165, 1.54) is 12.1 Å². The first-order chi connectivity index (χ1) is 13.0. The summed E-state index contributed by atoms with van der Waals surface area (Å²) in [6, 6.07) is 21.1. The van der Waals surface area contributed by atoms with Gasteiger partial charge in [0.25, 0.3) is 0 Å². The molecule has 0 amide bonds. The van der Waals surface area contributed by atoms with Crippen molar-refractivity contribution in [3.63, 3.8) is 0 Å². The average molecular weight is 443 g/mol. The summed E-state index contributed by atoms with van der Waals surface area (Å²) in [6.07, 6.45) is 1.76. The summed E-state index contributed by atoms with van der Waals surface area (Å²) in [7, 11) is 0. The number of allylic oxidation sites excluding steroid dienone is 1. The lowest BCUT2D eigenvalue weighted by atomic mass is 10.0. The Balaban J connectivity index is 1.91. The number of rotatable bonds is 5. The Morgan fingerprint density at radius 1 is 1.11 bits per heavy atom. The molecule has 0 bridgehead atoms. The lowest BCUT2D eigenvalue weighted by molar-refractivity contribution is 0.305. The van der Waals surface area contributed by atoms with E-state index in [0.717, 1.165) is 21.2 Å². The molecule has 134 valence electrons. The standard InChI is InChI=1S/C22H14BrClFNO/c23-19-6-9-22(27-14-15-2-1-3-21(25)10-15)17(12-19)11-18(13-26)16-4-7-20(24)8-5-16/h1-12H,14H2/b18-11+. The Hall–Kier alpha value is -2.61. The van der Waals surface area contributed by atoms with E-state index in [0.29, 0.717) is 16.3 Å². The van der Waals surface area contributed by atoms with Crippen LogP contribution in [-0.2, 0) is 6.61 Å². The molecular weight excluding hydrogens is 429 g/mol. The summed E-state index contributed by atoms with van der Waals surface area (Å²) >= 11 is 9.37. The number of nitrogens with zero attached hydrogens (tertiary/aromatic N) is 1. The zero-order valence-electron chi connectivity index (χ0n) is 14.1. The van der Waals surface area contributed by atoms with Crippen LogP contribution >= 0.6 is 27.5 Å². The van der Waals surface area contributed by atoms with Gasteiger partial charge in [-0.15, -0.1) is 0 Å². The Labute approximate surface area is 170 Å². The van der Waals surface area contributed by atoms with Crippen LogP contribution in [0.5, 0.6) is 5.75 Å². The maximum absolute atomic E-state index is 13.3. The van der Waals surface area contributed by atoms with Gasteiger partial charge in [0.05, 0.1) is 11.6 Å². The van der Waals surface area contributed by atoms with Crippen LogP contribution in [0.15, 0.2) is 71.2 Å². The number of halogens is 3. The quantitative estimate of drug-likeness (QED) is 0.318. The molecule has 27 heavy (non-hydrogen) atoms. The number of benzene rings is 3. The number of hydrogen-bond acceptors (Lipinski definition) is 2. The van der Waals surface area contributed by atoms with Gasteiger partial charge in [0.15, 0.2) is 0 Å². The third-order valence-electron chi connectivity index (χ3n) is 3.83. The molecule has 0 aromatic heterocycles. The van der Waals surface area contributed by atoms with Crippen LogP contribution in [0.1, 0.15) is 16.7 Å². The minimum atomic E-state index is -0.304. The molecule has 0 heterocycles. The highest BCUT2D eigenvalue weighted by Crippen LogP contribution is 2.29. The van der Waals surface area contributed by atoms with Gasteiger partial charge in [0.2, 0.25) is 0 Å². The van der Waals surface area contributed by atoms with Gasteiger partial charge in [0.1, 0.15) is 18.2 Å². The Morgan fingerprint density at radius 2 is 1.89 bits per heavy atom. The van der Waals surface area contributed by atoms with E-state index in [1.807, 2.05) is 18.2 Å². The SMILES string of the molecule is N#C/C(=C\c1cc(Br)ccc1OCc1cccc(F)c1)c1ccc(Cl)cc1. The molecule has 2 nitrogen and oxygen atoms in total. The van der Waals surface area contributed by atoms with Gasteiger partial charge in [-0.25, -0.2) is 4.39 Å². The molecule has 5 heteroatoms. The molecule has 0 spiro atoms. The molecule has 0 fully saturated rings. The molecule has 0 unspecified atom stereocenters.